The van der Waals surface area contributed by atoms with Crippen LogP contribution >= 0.6 is 0 Å². The molecular weight excluding hydrogens is 461 g/mol. The van der Waals surface area contributed by atoms with Crippen molar-refractivity contribution in [3.63, 3.8) is 0 Å². The Kier molecular flexibility index (Phi) is 5.78. The lowest BCUT2D eigenvalue weighted by molar-refractivity contribution is -0.186. The van der Waals surface area contributed by atoms with Crippen molar-refractivity contribution in [3.05, 3.63) is 70.9 Å². The van der Waals surface area contributed by atoms with E-state index in [1.165, 1.54) is 43.5 Å². The maximum absolute atomic E-state index is 14.9. The molecule has 6 nitrogen and oxygen atoms in total. The first-order valence-corrected chi connectivity index (χ1v) is 11.0. The number of ether oxygens (including phenoxy) is 1. The van der Waals surface area contributed by atoms with Crippen LogP contribution < -0.4 is 15.0 Å². The Hall–Kier alpha value is -3.62. The van der Waals surface area contributed by atoms with Gasteiger partial charge < -0.3 is 10.1 Å². The predicted octanol–water partition coefficient (Wildman–Crippen LogP) is 4.72. The van der Waals surface area contributed by atoms with Gasteiger partial charge in [0, 0.05) is 23.4 Å². The number of aryl methyl sites for hydroxylation is 1. The van der Waals surface area contributed by atoms with E-state index in [1.807, 2.05) is 12.2 Å². The first-order valence-electron chi connectivity index (χ1n) is 11.0. The smallest absolute Gasteiger partial charge is 0.425 e. The summed E-state index contributed by atoms with van der Waals surface area (Å²) in [5.74, 6) is -2.96. The Balaban J connectivity index is 1.90. The molecule has 1 unspecified atom stereocenters. The van der Waals surface area contributed by atoms with Crippen molar-refractivity contribution in [2.75, 3.05) is 12.0 Å². The number of allylic oxidation sites excluding steroid dienone is 1. The molecule has 2 aliphatic rings. The number of methoxy groups -OCH3 is 1. The highest BCUT2D eigenvalue weighted by Crippen LogP contribution is 2.52. The van der Waals surface area contributed by atoms with Gasteiger partial charge in [-0.3, -0.25) is 19.3 Å². The van der Waals surface area contributed by atoms with E-state index >= 15 is 0 Å². The van der Waals surface area contributed by atoms with Crippen molar-refractivity contribution in [1.29, 1.82) is 0 Å². The van der Waals surface area contributed by atoms with E-state index in [4.69, 9.17) is 4.74 Å². The summed E-state index contributed by atoms with van der Waals surface area (Å²) in [6, 6.07) is 11.8. The van der Waals surface area contributed by atoms with Crippen LogP contribution in [-0.2, 0) is 9.59 Å². The van der Waals surface area contributed by atoms with Gasteiger partial charge in [0.2, 0.25) is 5.54 Å². The maximum atomic E-state index is 14.9. The van der Waals surface area contributed by atoms with E-state index in [2.05, 4.69) is 0 Å². The van der Waals surface area contributed by atoms with Crippen LogP contribution in [-0.4, -0.2) is 36.4 Å². The molecule has 0 aromatic heterocycles. The number of anilines is 1. The summed E-state index contributed by atoms with van der Waals surface area (Å²) < 4.78 is 49.7. The minimum atomic E-state index is -5.27. The van der Waals surface area contributed by atoms with Gasteiger partial charge in [0.05, 0.1) is 12.7 Å². The average molecular weight is 486 g/mol. The van der Waals surface area contributed by atoms with E-state index in [0.29, 0.717) is 5.75 Å². The molecule has 0 saturated carbocycles. The molecule has 0 saturated heterocycles. The molecular formula is C26H25F3N2O4. The van der Waals surface area contributed by atoms with Crippen LogP contribution in [0.3, 0.4) is 0 Å². The van der Waals surface area contributed by atoms with Crippen molar-refractivity contribution >= 4 is 23.3 Å². The quantitative estimate of drug-likeness (QED) is 0.679. The second-order valence-electron chi connectivity index (χ2n) is 9.67. The van der Waals surface area contributed by atoms with E-state index in [9.17, 15) is 27.6 Å². The van der Waals surface area contributed by atoms with Gasteiger partial charge in [-0.05, 0) is 55.2 Å². The van der Waals surface area contributed by atoms with Gasteiger partial charge in [-0.15, -0.1) is 0 Å². The zero-order valence-electron chi connectivity index (χ0n) is 19.7. The Bertz CT molecular complexity index is 1230. The largest absolute Gasteiger partial charge is 0.497 e. The fraction of sp³-hybridized carbons (Fsp3) is 0.346. The van der Waals surface area contributed by atoms with Crippen LogP contribution in [0.25, 0.3) is 0 Å². The third-order valence-corrected chi connectivity index (χ3v) is 6.39. The highest BCUT2D eigenvalue weighted by Gasteiger charge is 2.72. The molecule has 1 aliphatic carbocycles. The first kappa shape index (κ1) is 24.5. The molecule has 2 amide bonds. The van der Waals surface area contributed by atoms with Crippen molar-refractivity contribution in [2.24, 2.45) is 5.41 Å². The van der Waals surface area contributed by atoms with Gasteiger partial charge in [0.25, 0.3) is 11.8 Å². The number of nitrogens with zero attached hydrogens (tertiary/aromatic N) is 1. The Labute approximate surface area is 200 Å². The number of hydrogen-bond acceptors (Lipinski definition) is 4. The van der Waals surface area contributed by atoms with E-state index in [1.54, 1.807) is 26.0 Å². The SMILES string of the molecule is COc1ccc(C(=O)NC2(C(F)(F)F)C(=O)N(c3ccc(C)cc3)C3=C2C(=O)CC(C)(C)C3)cc1. The third-order valence-electron chi connectivity index (χ3n) is 6.39. The molecule has 9 heteroatoms. The number of carbonyl (C=O) groups is 3. The lowest BCUT2D eigenvalue weighted by atomic mass is 9.72. The van der Waals surface area contributed by atoms with Crippen LogP contribution in [0, 0.1) is 12.3 Å². The maximum Gasteiger partial charge on any atom is 0.425 e. The van der Waals surface area contributed by atoms with Gasteiger partial charge in [-0.2, -0.15) is 13.2 Å². The standard InChI is InChI=1S/C26H25F3N2O4/c1-15-5-9-17(10-6-15)31-19-13-24(2,3)14-20(32)21(19)25(23(31)34,26(27,28)29)30-22(33)16-7-11-18(35-4)12-8-16/h5-12H,13-14H2,1-4H3,(H,30,33). The Morgan fingerprint density at radius 2 is 1.60 bits per heavy atom. The number of benzene rings is 2. The highest BCUT2D eigenvalue weighted by atomic mass is 19.4. The number of hydrogen-bond donors (Lipinski definition) is 1. The van der Waals surface area contributed by atoms with E-state index in [0.717, 1.165) is 10.5 Å². The minimum absolute atomic E-state index is 0.0348. The van der Waals surface area contributed by atoms with Gasteiger partial charge >= 0.3 is 6.18 Å². The minimum Gasteiger partial charge on any atom is -0.497 e. The topological polar surface area (TPSA) is 75.7 Å². The Morgan fingerprint density at radius 1 is 1.00 bits per heavy atom. The van der Waals surface area contributed by atoms with Crippen molar-refractivity contribution in [2.45, 2.75) is 45.3 Å². The number of carbonyl (C=O) groups excluding carboxylic acids is 3. The third kappa shape index (κ3) is 3.98. The highest BCUT2D eigenvalue weighted by molar-refractivity contribution is 6.21. The van der Waals surface area contributed by atoms with Gasteiger partial charge in [-0.1, -0.05) is 31.5 Å². The first-order chi connectivity index (χ1) is 16.3. The van der Waals surface area contributed by atoms with E-state index in [-0.39, 0.29) is 29.8 Å². The van der Waals surface area contributed by atoms with Crippen LogP contribution in [0.5, 0.6) is 5.75 Å². The average Bonchev–Trinajstić information content (AvgIpc) is 3.02. The van der Waals surface area contributed by atoms with Gasteiger partial charge in [0.1, 0.15) is 5.75 Å². The number of rotatable bonds is 4. The second kappa shape index (κ2) is 8.25. The fourth-order valence-corrected chi connectivity index (χ4v) is 4.70. The second-order valence-corrected chi connectivity index (χ2v) is 9.67. The molecule has 35 heavy (non-hydrogen) atoms. The summed E-state index contributed by atoms with van der Waals surface area (Å²) in [6.07, 6.45) is -5.40. The van der Waals surface area contributed by atoms with Crippen LogP contribution in [0.2, 0.25) is 0 Å². The monoisotopic (exact) mass is 486 g/mol. The summed E-state index contributed by atoms with van der Waals surface area (Å²) >= 11 is 0. The molecule has 0 bridgehead atoms. The number of amides is 2. The number of Topliss-reactive ketones (excluding diaryl/α,β-unsaturated/α-hetero) is 1. The molecule has 1 heterocycles. The zero-order chi connectivity index (χ0) is 25.8. The molecule has 1 N–H and O–H groups in total. The van der Waals surface area contributed by atoms with Crippen molar-refractivity contribution < 1.29 is 32.3 Å². The Morgan fingerprint density at radius 3 is 2.14 bits per heavy atom. The van der Waals surface area contributed by atoms with Crippen LogP contribution in [0.15, 0.2) is 59.8 Å². The molecule has 2 aromatic carbocycles. The summed E-state index contributed by atoms with van der Waals surface area (Å²) in [7, 11) is 1.41. The molecule has 0 spiro atoms. The predicted molar refractivity (Wildman–Crippen MR) is 123 cm³/mol. The summed E-state index contributed by atoms with van der Waals surface area (Å²) in [5.41, 5.74) is -3.97. The molecule has 4 rings (SSSR count). The van der Waals surface area contributed by atoms with Gasteiger partial charge in [0.15, 0.2) is 5.78 Å². The molecule has 1 atom stereocenters. The zero-order valence-corrected chi connectivity index (χ0v) is 19.7. The lowest BCUT2D eigenvalue weighted by Crippen LogP contribution is -2.66. The fourth-order valence-electron chi connectivity index (χ4n) is 4.70. The molecule has 2 aromatic rings. The molecule has 0 fully saturated rings. The summed E-state index contributed by atoms with van der Waals surface area (Å²) in [4.78, 5) is 40.9. The van der Waals surface area contributed by atoms with Crippen molar-refractivity contribution in [1.82, 2.24) is 5.32 Å². The molecule has 184 valence electrons. The van der Waals surface area contributed by atoms with Crippen LogP contribution in [0.1, 0.15) is 42.6 Å². The van der Waals surface area contributed by atoms with Gasteiger partial charge in [-0.25, -0.2) is 0 Å². The number of alkyl halides is 3. The molecule has 0 radical (unpaired) electrons. The number of nitrogens with one attached hydrogen (secondary N) is 1. The normalized spacial score (nSPS) is 21.7. The van der Waals surface area contributed by atoms with Crippen LogP contribution in [0.4, 0.5) is 18.9 Å². The summed E-state index contributed by atoms with van der Waals surface area (Å²) in [6.45, 7) is 5.33. The van der Waals surface area contributed by atoms with Crippen molar-refractivity contribution in [3.8, 4) is 5.75 Å². The number of halogens is 3. The summed E-state index contributed by atoms with van der Waals surface area (Å²) in [5, 5.41) is 1.93. The molecule has 1 aliphatic heterocycles. The number of ketones is 1. The van der Waals surface area contributed by atoms with E-state index < -0.39 is 40.3 Å². The lowest BCUT2D eigenvalue weighted by Gasteiger charge is -2.35.